The largest absolute Gasteiger partial charge is 0.495 e. The van der Waals surface area contributed by atoms with Crippen LogP contribution in [0.1, 0.15) is 35.6 Å². The van der Waals surface area contributed by atoms with Gasteiger partial charge in [-0.2, -0.15) is 0 Å². The lowest BCUT2D eigenvalue weighted by Crippen LogP contribution is -2.50. The predicted octanol–water partition coefficient (Wildman–Crippen LogP) is 4.40. The minimum atomic E-state index is -0.355. The molecular formula is C25H25BrN4O3. The molecule has 1 aromatic heterocycles. The molecular weight excluding hydrogens is 484 g/mol. The highest BCUT2D eigenvalue weighted by Gasteiger charge is 2.30. The van der Waals surface area contributed by atoms with E-state index in [2.05, 4.69) is 26.3 Å². The zero-order valence-corrected chi connectivity index (χ0v) is 20.1. The van der Waals surface area contributed by atoms with Crippen molar-refractivity contribution in [1.82, 2.24) is 20.0 Å². The fourth-order valence-corrected chi connectivity index (χ4v) is 4.34. The van der Waals surface area contributed by atoms with Crippen LogP contribution in [0.4, 0.5) is 0 Å². The van der Waals surface area contributed by atoms with Gasteiger partial charge in [0.25, 0.3) is 5.91 Å². The van der Waals surface area contributed by atoms with Crippen molar-refractivity contribution >= 4 is 33.8 Å². The van der Waals surface area contributed by atoms with Crippen molar-refractivity contribution in [3.8, 4) is 11.4 Å². The van der Waals surface area contributed by atoms with Crippen LogP contribution in [0.5, 0.6) is 5.75 Å². The van der Waals surface area contributed by atoms with Gasteiger partial charge in [0.15, 0.2) is 0 Å². The molecule has 2 amide bonds. The number of hydrogen-bond donors (Lipinski definition) is 1. The third-order valence-corrected chi connectivity index (χ3v) is 6.05. The Kier molecular flexibility index (Phi) is 6.93. The van der Waals surface area contributed by atoms with Crippen molar-refractivity contribution in [2.24, 2.45) is 0 Å². The Morgan fingerprint density at radius 2 is 2.12 bits per heavy atom. The van der Waals surface area contributed by atoms with E-state index in [1.807, 2.05) is 60.2 Å². The average Bonchev–Trinajstić information content (AvgIpc) is 3.25. The van der Waals surface area contributed by atoms with Crippen molar-refractivity contribution in [2.45, 2.75) is 25.7 Å². The van der Waals surface area contributed by atoms with Crippen LogP contribution < -0.4 is 10.2 Å². The van der Waals surface area contributed by atoms with Crippen molar-refractivity contribution in [1.29, 1.82) is 0 Å². The molecule has 1 unspecified atom stereocenters. The summed E-state index contributed by atoms with van der Waals surface area (Å²) in [5.74, 6) is -0.0450. The average molecular weight is 509 g/mol. The minimum absolute atomic E-state index is 0.0947. The summed E-state index contributed by atoms with van der Waals surface area (Å²) in [5.41, 5.74) is 6.25. The van der Waals surface area contributed by atoms with Crippen molar-refractivity contribution in [2.75, 3.05) is 13.7 Å². The van der Waals surface area contributed by atoms with Gasteiger partial charge in [-0.15, -0.1) is 0 Å². The van der Waals surface area contributed by atoms with Gasteiger partial charge in [-0.25, -0.2) is 4.98 Å². The van der Waals surface area contributed by atoms with E-state index in [0.29, 0.717) is 12.3 Å². The molecule has 0 radical (unpaired) electrons. The predicted molar refractivity (Wildman–Crippen MR) is 130 cm³/mol. The molecule has 7 nitrogen and oxygen atoms in total. The summed E-state index contributed by atoms with van der Waals surface area (Å²) < 4.78 is 8.33. The summed E-state index contributed by atoms with van der Waals surface area (Å²) in [6.45, 7) is 2.42. The molecule has 0 bridgehead atoms. The Bertz CT molecular complexity index is 1200. The number of benzene rings is 2. The summed E-state index contributed by atoms with van der Waals surface area (Å²) in [5, 5.41) is 1.42. The van der Waals surface area contributed by atoms with Gasteiger partial charge in [0.1, 0.15) is 5.75 Å². The van der Waals surface area contributed by atoms with Gasteiger partial charge >= 0.3 is 0 Å². The van der Waals surface area contributed by atoms with E-state index >= 15 is 0 Å². The molecule has 1 aliphatic rings. The smallest absolute Gasteiger partial charge is 0.262 e. The molecule has 4 rings (SSSR count). The van der Waals surface area contributed by atoms with Crippen LogP contribution in [0.2, 0.25) is 0 Å². The number of nitrogens with one attached hydrogen (secondary N) is 1. The van der Waals surface area contributed by atoms with E-state index < -0.39 is 0 Å². The molecule has 1 atom stereocenters. The first-order chi connectivity index (χ1) is 15.9. The maximum atomic E-state index is 13.0. The monoisotopic (exact) mass is 508 g/mol. The number of rotatable bonds is 6. The Balaban J connectivity index is 1.43. The second kappa shape index (κ2) is 10.0. The summed E-state index contributed by atoms with van der Waals surface area (Å²) in [4.78, 5) is 29.7. The second-order valence-corrected chi connectivity index (χ2v) is 8.82. The first-order valence-electron chi connectivity index (χ1n) is 10.7. The van der Waals surface area contributed by atoms with Crippen molar-refractivity contribution in [3.05, 3.63) is 82.4 Å². The van der Waals surface area contributed by atoms with Crippen molar-refractivity contribution < 1.29 is 14.3 Å². The van der Waals surface area contributed by atoms with Crippen LogP contribution in [0, 0.1) is 6.92 Å². The molecule has 1 fully saturated rings. The number of halogens is 1. The number of methoxy groups -OCH3 is 1. The summed E-state index contributed by atoms with van der Waals surface area (Å²) >= 11 is 3.46. The number of imidazole rings is 1. The molecule has 1 N–H and O–H groups in total. The Morgan fingerprint density at radius 3 is 2.85 bits per heavy atom. The quantitative estimate of drug-likeness (QED) is 0.500. The topological polar surface area (TPSA) is 76.5 Å². The molecule has 0 spiro atoms. The first-order valence-corrected chi connectivity index (χ1v) is 11.5. The standard InChI is InChI=1S/C25H25BrN4O3/c1-17-15-29(16-27-17)22-10-8-18(13-23(22)33-2)9-11-24(31)28-30-12-4-7-21(25(30)32)19-5-3-6-20(26)14-19/h3,5-6,8-11,13-16,21H,4,7,12H2,1-2H3,(H,28,31). The fourth-order valence-electron chi connectivity index (χ4n) is 3.93. The van der Waals surface area contributed by atoms with Crippen LogP contribution in [0.15, 0.2) is 65.5 Å². The Labute approximate surface area is 201 Å². The number of hydrazine groups is 1. The van der Waals surface area contributed by atoms with Crippen LogP contribution in [0.25, 0.3) is 11.8 Å². The highest BCUT2D eigenvalue weighted by Crippen LogP contribution is 2.29. The van der Waals surface area contributed by atoms with E-state index in [0.717, 1.165) is 39.8 Å². The van der Waals surface area contributed by atoms with Gasteiger partial charge in [0, 0.05) is 23.3 Å². The number of aromatic nitrogens is 2. The summed E-state index contributed by atoms with van der Waals surface area (Å²) in [7, 11) is 1.60. The van der Waals surface area contributed by atoms with Crippen LogP contribution in [0.3, 0.4) is 0 Å². The van der Waals surface area contributed by atoms with Crippen LogP contribution >= 0.6 is 15.9 Å². The number of carbonyl (C=O) groups excluding carboxylic acids is 2. The van der Waals surface area contributed by atoms with Gasteiger partial charge in [0.05, 0.1) is 30.7 Å². The summed E-state index contributed by atoms with van der Waals surface area (Å²) in [6, 6.07) is 13.4. The number of carbonyl (C=O) groups is 2. The third kappa shape index (κ3) is 5.34. The fraction of sp³-hybridized carbons (Fsp3) is 0.240. The van der Waals surface area contributed by atoms with Crippen LogP contribution in [-0.4, -0.2) is 40.0 Å². The van der Waals surface area contributed by atoms with E-state index in [1.165, 1.54) is 11.1 Å². The number of amides is 2. The van der Waals surface area contributed by atoms with E-state index in [1.54, 1.807) is 19.5 Å². The molecule has 33 heavy (non-hydrogen) atoms. The zero-order chi connectivity index (χ0) is 23.4. The second-order valence-electron chi connectivity index (χ2n) is 7.90. The maximum Gasteiger partial charge on any atom is 0.262 e. The normalized spacial score (nSPS) is 16.3. The molecule has 2 heterocycles. The summed E-state index contributed by atoms with van der Waals surface area (Å²) in [6.07, 6.45) is 8.34. The van der Waals surface area contributed by atoms with E-state index in [9.17, 15) is 9.59 Å². The SMILES string of the molecule is COc1cc(C=CC(=O)NN2CCCC(c3cccc(Br)c3)C2=O)ccc1-n1cnc(C)c1. The van der Waals surface area contributed by atoms with Gasteiger partial charge in [0.2, 0.25) is 5.91 Å². The number of ether oxygens (including phenoxy) is 1. The lowest BCUT2D eigenvalue weighted by molar-refractivity contribution is -0.143. The highest BCUT2D eigenvalue weighted by atomic mass is 79.9. The lowest BCUT2D eigenvalue weighted by Gasteiger charge is -2.32. The molecule has 170 valence electrons. The van der Waals surface area contributed by atoms with Gasteiger partial charge in [-0.1, -0.05) is 34.1 Å². The molecule has 1 saturated heterocycles. The third-order valence-electron chi connectivity index (χ3n) is 5.56. The van der Waals surface area contributed by atoms with E-state index in [4.69, 9.17) is 4.74 Å². The van der Waals surface area contributed by atoms with Gasteiger partial charge in [-0.3, -0.25) is 20.0 Å². The minimum Gasteiger partial charge on any atom is -0.495 e. The van der Waals surface area contributed by atoms with Gasteiger partial charge in [-0.05, 0) is 61.2 Å². The van der Waals surface area contributed by atoms with Crippen molar-refractivity contribution in [3.63, 3.8) is 0 Å². The number of piperidine rings is 1. The Hall–Kier alpha value is -3.39. The van der Waals surface area contributed by atoms with E-state index in [-0.39, 0.29) is 17.7 Å². The highest BCUT2D eigenvalue weighted by molar-refractivity contribution is 9.10. The maximum absolute atomic E-state index is 13.0. The molecule has 3 aromatic rings. The molecule has 0 aliphatic carbocycles. The molecule has 1 aliphatic heterocycles. The van der Waals surface area contributed by atoms with Crippen LogP contribution in [-0.2, 0) is 9.59 Å². The zero-order valence-electron chi connectivity index (χ0n) is 18.5. The lowest BCUT2D eigenvalue weighted by atomic mass is 9.90. The number of nitrogens with zero attached hydrogens (tertiary/aromatic N) is 3. The Morgan fingerprint density at radius 1 is 1.27 bits per heavy atom. The number of aryl methyl sites for hydroxylation is 1. The molecule has 0 saturated carbocycles. The first kappa shape index (κ1) is 22.8. The van der Waals surface area contributed by atoms with Gasteiger partial charge < -0.3 is 9.30 Å². The molecule has 8 heteroatoms. The molecule has 2 aromatic carbocycles. The number of hydrogen-bond acceptors (Lipinski definition) is 4.